The molecule has 0 aromatic carbocycles. The molecule has 0 aliphatic rings. The van der Waals surface area contributed by atoms with Gasteiger partial charge in [0.15, 0.2) is 0 Å². The van der Waals surface area contributed by atoms with Crippen molar-refractivity contribution in [3.05, 3.63) is 6.92 Å². The van der Waals surface area contributed by atoms with Crippen LogP contribution in [0.4, 0.5) is 0 Å². The van der Waals surface area contributed by atoms with E-state index in [4.69, 9.17) is 0 Å². The Morgan fingerprint density at radius 2 is 1.83 bits per heavy atom. The molecule has 0 aliphatic carbocycles. The van der Waals surface area contributed by atoms with Gasteiger partial charge >= 0.3 is 48.4 Å². The first-order valence-corrected chi connectivity index (χ1v) is 1.71. The first-order chi connectivity index (χ1) is 1.91. The maximum Gasteiger partial charge on any atom is 1.00 e. The molecule has 0 aromatic heterocycles. The molecular weight excluding hydrogens is 78.0 g/mol. The minimum Gasteiger partial charge on any atom is -1.00 e. The van der Waals surface area contributed by atoms with Crippen LogP contribution in [0.1, 0.15) is 21.2 Å². The zero-order valence-electron chi connectivity index (χ0n) is 6.12. The second-order valence-corrected chi connectivity index (χ2v) is 0.854. The van der Waals surface area contributed by atoms with Gasteiger partial charge in [0.05, 0.1) is 0 Å². The second-order valence-electron chi connectivity index (χ2n) is 0.854. The average molecular weight is 88.1 g/mol. The summed E-state index contributed by atoms with van der Waals surface area (Å²) in [7, 11) is 0. The van der Waals surface area contributed by atoms with Crippen molar-refractivity contribution in [2.45, 2.75) is 19.8 Å². The Hall–Kier alpha value is 1.60. The third-order valence-corrected chi connectivity index (χ3v) is 0.354. The quantitative estimate of drug-likeness (QED) is 0.225. The molecule has 28 valence electrons. The number of hydrogen-bond acceptors (Lipinski definition) is 0. The third-order valence-electron chi connectivity index (χ3n) is 0.354. The van der Waals surface area contributed by atoms with E-state index in [-0.39, 0.29) is 49.8 Å². The summed E-state index contributed by atoms with van der Waals surface area (Å²) in [5, 5.41) is 0. The van der Waals surface area contributed by atoms with Crippen LogP contribution in [0.3, 0.4) is 0 Å². The number of unbranched alkanes of at least 4 members (excludes halogenated alkanes) is 1. The van der Waals surface area contributed by atoms with Crippen LogP contribution in [-0.4, -0.2) is 0 Å². The smallest absolute Gasteiger partial charge is 1.00 e. The van der Waals surface area contributed by atoms with Crippen molar-refractivity contribution in [3.8, 4) is 0 Å². The molecule has 0 atom stereocenters. The summed E-state index contributed by atoms with van der Waals surface area (Å²) < 4.78 is 0. The molecule has 0 saturated carbocycles. The van der Waals surface area contributed by atoms with Crippen molar-refractivity contribution in [2.75, 3.05) is 0 Å². The van der Waals surface area contributed by atoms with Crippen molar-refractivity contribution in [1.29, 1.82) is 0 Å². The Bertz CT molecular complexity index is 13.7. The SMILES string of the molecule is [CH2-]CCC.[H-].[Li+].[Na+]. The summed E-state index contributed by atoms with van der Waals surface area (Å²) in [6, 6.07) is 0. The van der Waals surface area contributed by atoms with Gasteiger partial charge in [-0.05, 0) is 0 Å². The molecule has 0 bridgehead atoms. The Balaban J connectivity index is -0.0000000150. The Morgan fingerprint density at radius 1 is 1.67 bits per heavy atom. The largest absolute Gasteiger partial charge is 1.00 e. The van der Waals surface area contributed by atoms with Crippen molar-refractivity contribution < 1.29 is 49.8 Å². The van der Waals surface area contributed by atoms with Gasteiger partial charge in [-0.25, -0.2) is 0 Å². The van der Waals surface area contributed by atoms with Crippen molar-refractivity contribution in [2.24, 2.45) is 0 Å². The Kier molecular flexibility index (Phi) is 41.6. The molecule has 0 fully saturated rings. The zero-order chi connectivity index (χ0) is 3.41. The van der Waals surface area contributed by atoms with Crippen LogP contribution < -0.4 is 48.4 Å². The molecule has 0 N–H and O–H groups in total. The zero-order valence-corrected chi connectivity index (χ0v) is 7.12. The van der Waals surface area contributed by atoms with E-state index in [9.17, 15) is 0 Å². The van der Waals surface area contributed by atoms with E-state index < -0.39 is 0 Å². The predicted octanol–water partition coefficient (Wildman–Crippen LogP) is -4.26. The van der Waals surface area contributed by atoms with Gasteiger partial charge in [0, 0.05) is 0 Å². The van der Waals surface area contributed by atoms with Gasteiger partial charge in [0.25, 0.3) is 0 Å². The molecule has 0 spiro atoms. The first-order valence-electron chi connectivity index (χ1n) is 1.71. The van der Waals surface area contributed by atoms with Gasteiger partial charge in [0.1, 0.15) is 0 Å². The number of hydrogen-bond donors (Lipinski definition) is 0. The van der Waals surface area contributed by atoms with Gasteiger partial charge in [-0.3, -0.25) is 0 Å². The monoisotopic (exact) mass is 88.1 g/mol. The third kappa shape index (κ3) is 17.5. The maximum atomic E-state index is 3.60. The van der Waals surface area contributed by atoms with Crippen molar-refractivity contribution >= 4 is 0 Å². The molecule has 0 unspecified atom stereocenters. The van der Waals surface area contributed by atoms with E-state index in [1.54, 1.807) is 0 Å². The molecule has 6 heavy (non-hydrogen) atoms. The van der Waals surface area contributed by atoms with Crippen LogP contribution in [0.2, 0.25) is 0 Å². The summed E-state index contributed by atoms with van der Waals surface area (Å²) in [5.41, 5.74) is 0. The molecule has 0 amide bonds. The molecule has 0 saturated heterocycles. The fourth-order valence-corrected chi connectivity index (χ4v) is 0. The molecule has 0 radical (unpaired) electrons. The molecule has 0 aliphatic heterocycles. The summed E-state index contributed by atoms with van der Waals surface area (Å²) in [4.78, 5) is 0. The van der Waals surface area contributed by atoms with E-state index in [1.165, 1.54) is 6.42 Å². The van der Waals surface area contributed by atoms with Crippen molar-refractivity contribution in [1.82, 2.24) is 0 Å². The summed E-state index contributed by atoms with van der Waals surface area (Å²) in [6.07, 6.45) is 2.28. The summed E-state index contributed by atoms with van der Waals surface area (Å²) in [5.74, 6) is 0. The molecular formula is C4H10LiNa. The number of rotatable bonds is 1. The van der Waals surface area contributed by atoms with E-state index in [1.807, 2.05) is 0 Å². The second kappa shape index (κ2) is 16.0. The van der Waals surface area contributed by atoms with Crippen LogP contribution in [0.25, 0.3) is 0 Å². The molecule has 2 heteroatoms. The van der Waals surface area contributed by atoms with Gasteiger partial charge in [-0.2, -0.15) is 6.42 Å². The topological polar surface area (TPSA) is 0 Å². The molecule has 0 rings (SSSR count). The average Bonchev–Trinajstić information content (AvgIpc) is 1.37. The summed E-state index contributed by atoms with van der Waals surface area (Å²) in [6.45, 7) is 5.72. The van der Waals surface area contributed by atoms with E-state index in [0.717, 1.165) is 6.42 Å². The standard InChI is InChI=1S/C4H9.Li.Na.H/c1-3-4-2;;;/h1,3-4H2,2H3;;;/q-1;2*+1;-1. The fourth-order valence-electron chi connectivity index (χ4n) is 0. The van der Waals surface area contributed by atoms with Crippen LogP contribution >= 0.6 is 0 Å². The Morgan fingerprint density at radius 3 is 1.83 bits per heavy atom. The van der Waals surface area contributed by atoms with Crippen LogP contribution in [0.15, 0.2) is 0 Å². The fraction of sp³-hybridized carbons (Fsp3) is 0.750. The van der Waals surface area contributed by atoms with Crippen LogP contribution in [-0.2, 0) is 0 Å². The van der Waals surface area contributed by atoms with E-state index in [2.05, 4.69) is 13.8 Å². The molecule has 0 nitrogen and oxygen atoms in total. The van der Waals surface area contributed by atoms with E-state index >= 15 is 0 Å². The molecule has 0 heterocycles. The van der Waals surface area contributed by atoms with Gasteiger partial charge in [0.2, 0.25) is 0 Å². The van der Waals surface area contributed by atoms with Gasteiger partial charge < -0.3 is 8.35 Å². The maximum absolute atomic E-state index is 3.60. The van der Waals surface area contributed by atoms with Gasteiger partial charge in [-0.15, -0.1) is 0 Å². The summed E-state index contributed by atoms with van der Waals surface area (Å²) >= 11 is 0. The van der Waals surface area contributed by atoms with E-state index in [0.29, 0.717) is 0 Å². The minimum atomic E-state index is 0. The normalized spacial score (nSPS) is 5.00. The minimum absolute atomic E-state index is 0. The molecule has 0 aromatic rings. The first kappa shape index (κ1) is 15.6. The van der Waals surface area contributed by atoms with Crippen LogP contribution in [0, 0.1) is 6.92 Å². The van der Waals surface area contributed by atoms with Crippen LogP contribution in [0.5, 0.6) is 0 Å². The predicted molar refractivity (Wildman–Crippen MR) is 21.4 cm³/mol. The van der Waals surface area contributed by atoms with Crippen molar-refractivity contribution in [3.63, 3.8) is 0 Å². The van der Waals surface area contributed by atoms with Gasteiger partial charge in [-0.1, -0.05) is 13.3 Å². The Labute approximate surface area is 76.0 Å².